The van der Waals surface area contributed by atoms with E-state index in [-0.39, 0.29) is 11.8 Å². The maximum Gasteiger partial charge on any atom is 0.271 e. The van der Waals surface area contributed by atoms with Gasteiger partial charge in [0.05, 0.1) is 11.9 Å². The molecule has 0 bridgehead atoms. The second-order valence-corrected chi connectivity index (χ2v) is 5.60. The number of aromatic nitrogens is 2. The third kappa shape index (κ3) is 3.57. The number of amides is 2. The molecule has 0 saturated carbocycles. The summed E-state index contributed by atoms with van der Waals surface area (Å²) in [7, 11) is 1.65. The molecule has 1 aromatic carbocycles. The number of fused-ring (bicyclic) bond motifs is 1. The largest absolute Gasteiger partial charge is 0.486 e. The number of rotatable bonds is 5. The lowest BCUT2D eigenvalue weighted by Gasteiger charge is -2.18. The summed E-state index contributed by atoms with van der Waals surface area (Å²) >= 11 is 0. The Bertz CT molecular complexity index is 800. The monoisotopic (exact) mass is 344 g/mol. The van der Waals surface area contributed by atoms with Crippen LogP contribution in [0, 0.1) is 0 Å². The Morgan fingerprint density at radius 3 is 2.72 bits per heavy atom. The minimum atomic E-state index is -0.352. The van der Waals surface area contributed by atoms with E-state index in [1.807, 2.05) is 6.92 Å². The highest BCUT2D eigenvalue weighted by Crippen LogP contribution is 2.31. The quantitative estimate of drug-likeness (QED) is 0.859. The lowest BCUT2D eigenvalue weighted by atomic mass is 10.1. The molecule has 0 unspecified atom stereocenters. The number of aryl methyl sites for hydroxylation is 1. The number of ether oxygens (including phenoxy) is 2. The predicted molar refractivity (Wildman–Crippen MR) is 91.2 cm³/mol. The van der Waals surface area contributed by atoms with E-state index in [0.29, 0.717) is 48.2 Å². The second kappa shape index (κ2) is 7.25. The van der Waals surface area contributed by atoms with Gasteiger partial charge in [-0.1, -0.05) is 6.92 Å². The van der Waals surface area contributed by atoms with Crippen LogP contribution in [0.5, 0.6) is 11.5 Å². The van der Waals surface area contributed by atoms with Crippen molar-refractivity contribution in [2.24, 2.45) is 7.05 Å². The molecular formula is C17H20N4O4. The lowest BCUT2D eigenvalue weighted by Crippen LogP contribution is -2.27. The van der Waals surface area contributed by atoms with E-state index >= 15 is 0 Å². The summed E-state index contributed by atoms with van der Waals surface area (Å²) in [5, 5.41) is 9.57. The van der Waals surface area contributed by atoms with Crippen molar-refractivity contribution in [3.8, 4) is 11.5 Å². The van der Waals surface area contributed by atoms with Gasteiger partial charge < -0.3 is 20.1 Å². The Kier molecular flexibility index (Phi) is 4.87. The van der Waals surface area contributed by atoms with Crippen LogP contribution < -0.4 is 20.1 Å². The Labute approximate surface area is 145 Å². The van der Waals surface area contributed by atoms with Crippen LogP contribution in [-0.4, -0.2) is 41.4 Å². The van der Waals surface area contributed by atoms with Crippen LogP contribution in [0.4, 0.5) is 5.69 Å². The fraction of sp³-hybridized carbons (Fsp3) is 0.353. The van der Waals surface area contributed by atoms with Crippen molar-refractivity contribution < 1.29 is 19.1 Å². The Morgan fingerprint density at radius 1 is 1.20 bits per heavy atom. The fourth-order valence-electron chi connectivity index (χ4n) is 2.50. The number of nitrogens with zero attached hydrogens (tertiary/aromatic N) is 2. The van der Waals surface area contributed by atoms with Gasteiger partial charge in [-0.15, -0.1) is 0 Å². The average Bonchev–Trinajstić information content (AvgIpc) is 2.99. The topological polar surface area (TPSA) is 94.5 Å². The van der Waals surface area contributed by atoms with E-state index in [9.17, 15) is 9.59 Å². The molecule has 1 aliphatic rings. The van der Waals surface area contributed by atoms with Crippen molar-refractivity contribution in [2.45, 2.75) is 13.3 Å². The first-order valence-corrected chi connectivity index (χ1v) is 8.11. The maximum atomic E-state index is 12.5. The summed E-state index contributed by atoms with van der Waals surface area (Å²) in [6.45, 7) is 3.46. The smallest absolute Gasteiger partial charge is 0.271 e. The van der Waals surface area contributed by atoms with E-state index in [0.717, 1.165) is 6.42 Å². The first-order valence-electron chi connectivity index (χ1n) is 8.11. The molecule has 0 fully saturated rings. The zero-order valence-corrected chi connectivity index (χ0v) is 14.2. The summed E-state index contributed by atoms with van der Waals surface area (Å²) < 4.78 is 12.4. The van der Waals surface area contributed by atoms with Crippen LogP contribution in [0.1, 0.15) is 34.2 Å². The lowest BCUT2D eigenvalue weighted by molar-refractivity contribution is 0.0945. The third-order valence-electron chi connectivity index (χ3n) is 3.74. The van der Waals surface area contributed by atoms with E-state index < -0.39 is 0 Å². The zero-order valence-electron chi connectivity index (χ0n) is 14.2. The second-order valence-electron chi connectivity index (χ2n) is 5.60. The van der Waals surface area contributed by atoms with Crippen LogP contribution in [0.15, 0.2) is 24.4 Å². The Morgan fingerprint density at radius 2 is 1.96 bits per heavy atom. The Balaban J connectivity index is 1.78. The van der Waals surface area contributed by atoms with Gasteiger partial charge in [-0.3, -0.25) is 14.3 Å². The highest BCUT2D eigenvalue weighted by atomic mass is 16.6. The predicted octanol–water partition coefficient (Wildman–Crippen LogP) is 1.58. The van der Waals surface area contributed by atoms with E-state index in [1.54, 1.807) is 25.2 Å². The first kappa shape index (κ1) is 16.8. The molecule has 132 valence electrons. The van der Waals surface area contributed by atoms with Crippen LogP contribution in [0.2, 0.25) is 0 Å². The van der Waals surface area contributed by atoms with Gasteiger partial charge in [0.15, 0.2) is 11.5 Å². The van der Waals surface area contributed by atoms with Crippen LogP contribution >= 0.6 is 0 Å². The molecule has 2 heterocycles. The highest BCUT2D eigenvalue weighted by molar-refractivity contribution is 6.08. The van der Waals surface area contributed by atoms with Crippen molar-refractivity contribution in [1.29, 1.82) is 0 Å². The molecule has 1 aliphatic heterocycles. The number of carbonyl (C=O) groups is 2. The van der Waals surface area contributed by atoms with Gasteiger partial charge >= 0.3 is 0 Å². The SMILES string of the molecule is CCCNC(=O)c1c(NC(=O)c2ccc3c(c2)OCCO3)cnn1C. The average molecular weight is 344 g/mol. The molecule has 0 aliphatic carbocycles. The molecular weight excluding hydrogens is 324 g/mol. The van der Waals surface area contributed by atoms with E-state index in [4.69, 9.17) is 9.47 Å². The van der Waals surface area contributed by atoms with Gasteiger partial charge in [-0.2, -0.15) is 5.10 Å². The van der Waals surface area contributed by atoms with Gasteiger partial charge in [0, 0.05) is 19.2 Å². The molecule has 3 rings (SSSR count). The molecule has 1 aromatic heterocycles. The van der Waals surface area contributed by atoms with Gasteiger partial charge in [-0.25, -0.2) is 0 Å². The molecule has 2 N–H and O–H groups in total. The summed E-state index contributed by atoms with van der Waals surface area (Å²) in [5.74, 6) is 0.517. The number of hydrogen-bond acceptors (Lipinski definition) is 5. The molecule has 2 aromatic rings. The van der Waals surface area contributed by atoms with E-state index in [1.165, 1.54) is 10.9 Å². The van der Waals surface area contributed by atoms with Crippen molar-refractivity contribution in [1.82, 2.24) is 15.1 Å². The first-order chi connectivity index (χ1) is 12.1. The van der Waals surface area contributed by atoms with Gasteiger partial charge in [0.2, 0.25) is 0 Å². The van der Waals surface area contributed by atoms with Gasteiger partial charge in [-0.05, 0) is 24.6 Å². The van der Waals surface area contributed by atoms with Crippen molar-refractivity contribution in [3.05, 3.63) is 35.7 Å². The van der Waals surface area contributed by atoms with Crippen LogP contribution in [0.3, 0.4) is 0 Å². The molecule has 25 heavy (non-hydrogen) atoms. The number of carbonyl (C=O) groups excluding carboxylic acids is 2. The summed E-state index contributed by atoms with van der Waals surface area (Å²) in [6.07, 6.45) is 2.28. The number of benzene rings is 1. The fourth-order valence-corrected chi connectivity index (χ4v) is 2.50. The number of hydrogen-bond donors (Lipinski definition) is 2. The molecule has 0 radical (unpaired) electrons. The standard InChI is InChI=1S/C17H20N4O4/c1-3-6-18-17(23)15-12(10-19-21(15)2)20-16(22)11-4-5-13-14(9-11)25-8-7-24-13/h4-5,9-10H,3,6-8H2,1-2H3,(H,18,23)(H,20,22). The van der Waals surface area contributed by atoms with Crippen LogP contribution in [0.25, 0.3) is 0 Å². The molecule has 0 spiro atoms. The van der Waals surface area contributed by atoms with Crippen molar-refractivity contribution in [2.75, 3.05) is 25.1 Å². The van der Waals surface area contributed by atoms with Crippen molar-refractivity contribution in [3.63, 3.8) is 0 Å². The highest BCUT2D eigenvalue weighted by Gasteiger charge is 2.20. The zero-order chi connectivity index (χ0) is 17.8. The summed E-state index contributed by atoms with van der Waals surface area (Å²) in [5.41, 5.74) is 1.07. The summed E-state index contributed by atoms with van der Waals surface area (Å²) in [4.78, 5) is 24.8. The molecule has 0 saturated heterocycles. The van der Waals surface area contributed by atoms with Gasteiger partial charge in [0.25, 0.3) is 11.8 Å². The Hall–Kier alpha value is -3.03. The molecule has 2 amide bonds. The third-order valence-corrected chi connectivity index (χ3v) is 3.74. The minimum absolute atomic E-state index is 0.278. The molecule has 8 heteroatoms. The maximum absolute atomic E-state index is 12.5. The number of anilines is 1. The van der Waals surface area contributed by atoms with Crippen molar-refractivity contribution >= 4 is 17.5 Å². The van der Waals surface area contributed by atoms with Crippen LogP contribution in [-0.2, 0) is 7.05 Å². The minimum Gasteiger partial charge on any atom is -0.486 e. The molecule has 0 atom stereocenters. The number of nitrogens with one attached hydrogen (secondary N) is 2. The summed E-state index contributed by atoms with van der Waals surface area (Å²) in [6, 6.07) is 4.97. The normalized spacial score (nSPS) is 12.6. The molecule has 8 nitrogen and oxygen atoms in total. The van der Waals surface area contributed by atoms with Gasteiger partial charge in [0.1, 0.15) is 18.9 Å². The van der Waals surface area contributed by atoms with E-state index in [2.05, 4.69) is 15.7 Å².